The summed E-state index contributed by atoms with van der Waals surface area (Å²) in [5.41, 5.74) is 1.01. The molecule has 1 aliphatic heterocycles. The first-order valence-corrected chi connectivity index (χ1v) is 8.33. The fraction of sp³-hybridized carbons (Fsp3) is 0.647. The Bertz CT molecular complexity index is 502. The van der Waals surface area contributed by atoms with E-state index >= 15 is 0 Å². The van der Waals surface area contributed by atoms with Crippen molar-refractivity contribution in [3.63, 3.8) is 0 Å². The average molecular weight is 311 g/mol. The first-order valence-electron chi connectivity index (χ1n) is 7.96. The van der Waals surface area contributed by atoms with Gasteiger partial charge in [-0.3, -0.25) is 4.90 Å². The van der Waals surface area contributed by atoms with E-state index in [0.29, 0.717) is 18.0 Å². The lowest BCUT2D eigenvalue weighted by atomic mass is 9.96. The van der Waals surface area contributed by atoms with Crippen molar-refractivity contribution in [2.24, 2.45) is 11.8 Å². The first-order chi connectivity index (χ1) is 10.0. The average Bonchev–Trinajstić information content (AvgIpc) is 3.27. The van der Waals surface area contributed by atoms with Gasteiger partial charge >= 0.3 is 0 Å². The van der Waals surface area contributed by atoms with Gasteiger partial charge in [0.05, 0.1) is 5.02 Å². The molecule has 2 unspecified atom stereocenters. The minimum atomic E-state index is -0.316. The van der Waals surface area contributed by atoms with Crippen molar-refractivity contribution in [1.29, 1.82) is 0 Å². The summed E-state index contributed by atoms with van der Waals surface area (Å²) < 4.78 is 13.6. The minimum absolute atomic E-state index is 0.204. The third-order valence-electron chi connectivity index (χ3n) is 4.82. The van der Waals surface area contributed by atoms with Crippen LogP contribution in [0.3, 0.4) is 0 Å². The number of rotatable bonds is 4. The summed E-state index contributed by atoms with van der Waals surface area (Å²) in [6, 6.07) is 6.30. The molecular formula is C17H24ClFN2. The van der Waals surface area contributed by atoms with Crippen LogP contribution in [0, 0.1) is 17.7 Å². The maximum Gasteiger partial charge on any atom is 0.142 e. The Balaban J connectivity index is 1.73. The van der Waals surface area contributed by atoms with Gasteiger partial charge in [-0.05, 0) is 42.4 Å². The highest BCUT2D eigenvalue weighted by Gasteiger charge is 2.37. The van der Waals surface area contributed by atoms with Gasteiger partial charge in [-0.2, -0.15) is 0 Å². The van der Waals surface area contributed by atoms with Gasteiger partial charge in [0.25, 0.3) is 0 Å². The molecule has 0 spiro atoms. The van der Waals surface area contributed by atoms with Crippen molar-refractivity contribution < 1.29 is 4.39 Å². The van der Waals surface area contributed by atoms with E-state index in [2.05, 4.69) is 24.1 Å². The highest BCUT2D eigenvalue weighted by molar-refractivity contribution is 6.30. The van der Waals surface area contributed by atoms with Gasteiger partial charge in [-0.1, -0.05) is 31.5 Å². The van der Waals surface area contributed by atoms with E-state index in [-0.39, 0.29) is 10.8 Å². The van der Waals surface area contributed by atoms with Crippen LogP contribution in [0.25, 0.3) is 0 Å². The molecule has 21 heavy (non-hydrogen) atoms. The maximum absolute atomic E-state index is 13.6. The van der Waals surface area contributed by atoms with Crippen molar-refractivity contribution in [3.8, 4) is 0 Å². The fourth-order valence-corrected chi connectivity index (χ4v) is 3.50. The Kier molecular flexibility index (Phi) is 4.53. The van der Waals surface area contributed by atoms with Crippen molar-refractivity contribution in [2.45, 2.75) is 45.3 Å². The topological polar surface area (TPSA) is 15.3 Å². The molecule has 2 nitrogen and oxygen atoms in total. The number of halogens is 2. The Morgan fingerprint density at radius 3 is 2.76 bits per heavy atom. The number of piperazine rings is 1. The normalized spacial score (nSPS) is 27.3. The monoisotopic (exact) mass is 310 g/mol. The minimum Gasteiger partial charge on any atom is -0.311 e. The second-order valence-electron chi connectivity index (χ2n) is 6.84. The van der Waals surface area contributed by atoms with Crippen LogP contribution in [0.15, 0.2) is 18.2 Å². The summed E-state index contributed by atoms with van der Waals surface area (Å²) >= 11 is 5.78. The molecule has 3 rings (SSSR count). The standard InChI is InChI=1S/C17H24ClFN2/c1-11(2)17-8-20-16(13-4-5-13)10-21(17)9-12-3-6-14(18)15(19)7-12/h3,6-7,11,13,16-17,20H,4-5,8-10H2,1-2H3. The van der Waals surface area contributed by atoms with Crippen LogP contribution < -0.4 is 5.32 Å². The molecule has 0 radical (unpaired) electrons. The summed E-state index contributed by atoms with van der Waals surface area (Å²) in [5.74, 6) is 1.13. The quantitative estimate of drug-likeness (QED) is 0.912. The molecule has 1 saturated carbocycles. The van der Waals surface area contributed by atoms with Crippen LogP contribution in [0.5, 0.6) is 0 Å². The molecule has 1 aromatic rings. The predicted octanol–water partition coefficient (Wildman–Crippen LogP) is 3.69. The zero-order valence-electron chi connectivity index (χ0n) is 12.8. The summed E-state index contributed by atoms with van der Waals surface area (Å²) in [6.07, 6.45) is 2.71. The van der Waals surface area contributed by atoms with Crippen LogP contribution >= 0.6 is 11.6 Å². The Morgan fingerprint density at radius 2 is 2.14 bits per heavy atom. The molecule has 2 aliphatic rings. The highest BCUT2D eigenvalue weighted by atomic mass is 35.5. The summed E-state index contributed by atoms with van der Waals surface area (Å²) in [7, 11) is 0. The Hall–Kier alpha value is -0.640. The van der Waals surface area contributed by atoms with E-state index in [1.807, 2.05) is 6.07 Å². The van der Waals surface area contributed by atoms with Crippen molar-refractivity contribution in [1.82, 2.24) is 10.2 Å². The third kappa shape index (κ3) is 3.58. The van der Waals surface area contributed by atoms with Crippen molar-refractivity contribution in [3.05, 3.63) is 34.6 Å². The molecule has 1 aliphatic carbocycles. The molecule has 1 N–H and O–H groups in total. The van der Waals surface area contributed by atoms with Gasteiger partial charge in [0.15, 0.2) is 0 Å². The molecular weight excluding hydrogens is 287 g/mol. The fourth-order valence-electron chi connectivity index (χ4n) is 3.38. The van der Waals surface area contributed by atoms with Crippen molar-refractivity contribution in [2.75, 3.05) is 13.1 Å². The highest BCUT2D eigenvalue weighted by Crippen LogP contribution is 2.35. The van der Waals surface area contributed by atoms with Gasteiger partial charge < -0.3 is 5.32 Å². The molecule has 4 heteroatoms. The van der Waals surface area contributed by atoms with E-state index in [4.69, 9.17) is 11.6 Å². The molecule has 1 saturated heterocycles. The van der Waals surface area contributed by atoms with Gasteiger partial charge in [0, 0.05) is 31.7 Å². The van der Waals surface area contributed by atoms with Crippen LogP contribution in [0.4, 0.5) is 4.39 Å². The predicted molar refractivity (Wildman–Crippen MR) is 85.0 cm³/mol. The Morgan fingerprint density at radius 1 is 1.38 bits per heavy atom. The summed E-state index contributed by atoms with van der Waals surface area (Å²) in [4.78, 5) is 2.52. The molecule has 2 atom stereocenters. The summed E-state index contributed by atoms with van der Waals surface area (Å²) in [6.45, 7) is 7.44. The summed E-state index contributed by atoms with van der Waals surface area (Å²) in [5, 5.41) is 3.92. The van der Waals surface area contributed by atoms with E-state index in [0.717, 1.165) is 31.1 Å². The lowest BCUT2D eigenvalue weighted by Gasteiger charge is -2.42. The zero-order chi connectivity index (χ0) is 15.0. The molecule has 116 valence electrons. The van der Waals surface area contributed by atoms with Crippen molar-refractivity contribution >= 4 is 11.6 Å². The third-order valence-corrected chi connectivity index (χ3v) is 5.13. The van der Waals surface area contributed by atoms with Crippen LogP contribution in [-0.4, -0.2) is 30.1 Å². The molecule has 2 fully saturated rings. The second-order valence-corrected chi connectivity index (χ2v) is 7.25. The van der Waals surface area contributed by atoms with E-state index in [1.165, 1.54) is 12.8 Å². The number of hydrogen-bond donors (Lipinski definition) is 1. The smallest absolute Gasteiger partial charge is 0.142 e. The van der Waals surface area contributed by atoms with Gasteiger partial charge in [0.2, 0.25) is 0 Å². The molecule has 0 aromatic heterocycles. The lowest BCUT2D eigenvalue weighted by molar-refractivity contribution is 0.0851. The molecule has 1 heterocycles. The second kappa shape index (κ2) is 6.23. The molecule has 0 amide bonds. The van der Waals surface area contributed by atoms with Crippen LogP contribution in [0.2, 0.25) is 5.02 Å². The number of nitrogens with zero attached hydrogens (tertiary/aromatic N) is 1. The largest absolute Gasteiger partial charge is 0.311 e. The maximum atomic E-state index is 13.6. The van der Waals surface area contributed by atoms with Gasteiger partial charge in [-0.25, -0.2) is 4.39 Å². The lowest BCUT2D eigenvalue weighted by Crippen LogP contribution is -2.58. The number of benzene rings is 1. The van der Waals surface area contributed by atoms with Gasteiger partial charge in [-0.15, -0.1) is 0 Å². The molecule has 0 bridgehead atoms. The first kappa shape index (κ1) is 15.3. The van der Waals surface area contributed by atoms with Crippen LogP contribution in [-0.2, 0) is 6.54 Å². The van der Waals surface area contributed by atoms with Crippen LogP contribution in [0.1, 0.15) is 32.3 Å². The SMILES string of the molecule is CC(C)C1CNC(C2CC2)CN1Cc1ccc(Cl)c(F)c1. The number of nitrogens with one attached hydrogen (secondary N) is 1. The zero-order valence-corrected chi connectivity index (χ0v) is 13.5. The van der Waals surface area contributed by atoms with E-state index in [1.54, 1.807) is 12.1 Å². The Labute approximate surface area is 131 Å². The molecule has 1 aromatic carbocycles. The number of hydrogen-bond acceptors (Lipinski definition) is 2. The van der Waals surface area contributed by atoms with E-state index in [9.17, 15) is 4.39 Å². The van der Waals surface area contributed by atoms with E-state index < -0.39 is 0 Å². The van der Waals surface area contributed by atoms with Gasteiger partial charge in [0.1, 0.15) is 5.82 Å².